The first-order valence-electron chi connectivity index (χ1n) is 6.92. The van der Waals surface area contributed by atoms with E-state index in [2.05, 4.69) is 17.0 Å². The van der Waals surface area contributed by atoms with Crippen LogP contribution in [-0.4, -0.2) is 20.5 Å². The standard InChI is InChI=1S/C14H20N2O2S/c1-10-8-13(9-10)15-11-4-6-14(7-5-11)19(17,18)16-12-2-3-12/h4-7,10,12-13,15-16H,2-3,8-9H2,1H3. The van der Waals surface area contributed by atoms with Crippen molar-refractivity contribution in [3.8, 4) is 0 Å². The highest BCUT2D eigenvalue weighted by atomic mass is 32.2. The summed E-state index contributed by atoms with van der Waals surface area (Å²) in [7, 11) is -3.32. The van der Waals surface area contributed by atoms with Crippen molar-refractivity contribution in [3.63, 3.8) is 0 Å². The monoisotopic (exact) mass is 280 g/mol. The van der Waals surface area contributed by atoms with Gasteiger partial charge in [-0.25, -0.2) is 13.1 Å². The molecule has 1 aromatic carbocycles. The highest BCUT2D eigenvalue weighted by Crippen LogP contribution is 2.29. The third-order valence-electron chi connectivity index (χ3n) is 3.81. The number of hydrogen-bond acceptors (Lipinski definition) is 3. The molecule has 0 atom stereocenters. The molecule has 2 N–H and O–H groups in total. The summed E-state index contributed by atoms with van der Waals surface area (Å²) in [5.74, 6) is 0.805. The molecule has 0 unspecified atom stereocenters. The normalized spacial score (nSPS) is 26.8. The van der Waals surface area contributed by atoms with Gasteiger partial charge < -0.3 is 5.32 Å². The molecule has 4 nitrogen and oxygen atoms in total. The second-order valence-electron chi connectivity index (χ2n) is 5.84. The van der Waals surface area contributed by atoms with Gasteiger partial charge in [-0.15, -0.1) is 0 Å². The molecular weight excluding hydrogens is 260 g/mol. The van der Waals surface area contributed by atoms with Gasteiger partial charge in [-0.05, 0) is 55.9 Å². The predicted octanol–water partition coefficient (Wildman–Crippen LogP) is 2.34. The topological polar surface area (TPSA) is 58.2 Å². The fourth-order valence-corrected chi connectivity index (χ4v) is 3.78. The Hall–Kier alpha value is -1.07. The first kappa shape index (κ1) is 12.9. The molecular formula is C14H20N2O2S. The van der Waals surface area contributed by atoms with E-state index < -0.39 is 10.0 Å². The van der Waals surface area contributed by atoms with E-state index in [1.54, 1.807) is 12.1 Å². The zero-order valence-corrected chi connectivity index (χ0v) is 11.9. The quantitative estimate of drug-likeness (QED) is 0.870. The molecule has 0 radical (unpaired) electrons. The molecule has 3 rings (SSSR count). The van der Waals surface area contributed by atoms with E-state index in [0.717, 1.165) is 24.4 Å². The van der Waals surface area contributed by atoms with Crippen LogP contribution in [0.5, 0.6) is 0 Å². The number of anilines is 1. The summed E-state index contributed by atoms with van der Waals surface area (Å²) in [6, 6.07) is 7.75. The first-order chi connectivity index (χ1) is 9.03. The van der Waals surface area contributed by atoms with Gasteiger partial charge in [-0.3, -0.25) is 0 Å². The Morgan fingerprint density at radius 2 is 1.68 bits per heavy atom. The largest absolute Gasteiger partial charge is 0.382 e. The van der Waals surface area contributed by atoms with Crippen LogP contribution in [0.3, 0.4) is 0 Å². The predicted molar refractivity (Wildman–Crippen MR) is 75.6 cm³/mol. The minimum Gasteiger partial charge on any atom is -0.382 e. The second kappa shape index (κ2) is 4.80. The molecule has 0 heterocycles. The smallest absolute Gasteiger partial charge is 0.240 e. The molecule has 2 fully saturated rings. The molecule has 19 heavy (non-hydrogen) atoms. The maximum Gasteiger partial charge on any atom is 0.240 e. The van der Waals surface area contributed by atoms with Crippen LogP contribution in [0, 0.1) is 5.92 Å². The Morgan fingerprint density at radius 1 is 1.05 bits per heavy atom. The number of hydrogen-bond donors (Lipinski definition) is 2. The summed E-state index contributed by atoms with van der Waals surface area (Å²) in [6.07, 6.45) is 4.31. The van der Waals surface area contributed by atoms with Gasteiger partial charge in [0.1, 0.15) is 0 Å². The van der Waals surface area contributed by atoms with Crippen molar-refractivity contribution in [1.82, 2.24) is 4.72 Å². The van der Waals surface area contributed by atoms with Crippen LogP contribution in [-0.2, 0) is 10.0 Å². The lowest BCUT2D eigenvalue weighted by molar-refractivity contribution is 0.309. The fourth-order valence-electron chi connectivity index (χ4n) is 2.47. The molecule has 2 saturated carbocycles. The van der Waals surface area contributed by atoms with Crippen molar-refractivity contribution in [2.24, 2.45) is 5.92 Å². The molecule has 0 aromatic heterocycles. The molecule has 5 heteroatoms. The van der Waals surface area contributed by atoms with Gasteiger partial charge in [0.15, 0.2) is 0 Å². The minimum absolute atomic E-state index is 0.152. The number of sulfonamides is 1. The average Bonchev–Trinajstić information content (AvgIpc) is 3.11. The average molecular weight is 280 g/mol. The van der Waals surface area contributed by atoms with Crippen molar-refractivity contribution >= 4 is 15.7 Å². The van der Waals surface area contributed by atoms with E-state index in [0.29, 0.717) is 10.9 Å². The van der Waals surface area contributed by atoms with E-state index in [9.17, 15) is 8.42 Å². The van der Waals surface area contributed by atoms with Crippen LogP contribution in [0.1, 0.15) is 32.6 Å². The van der Waals surface area contributed by atoms with E-state index in [1.165, 1.54) is 12.8 Å². The summed E-state index contributed by atoms with van der Waals surface area (Å²) < 4.78 is 26.7. The van der Waals surface area contributed by atoms with E-state index in [-0.39, 0.29) is 6.04 Å². The van der Waals surface area contributed by atoms with Gasteiger partial charge in [0.2, 0.25) is 10.0 Å². The molecule has 0 saturated heterocycles. The maximum atomic E-state index is 12.0. The minimum atomic E-state index is -3.32. The van der Waals surface area contributed by atoms with Gasteiger partial charge in [0.25, 0.3) is 0 Å². The lowest BCUT2D eigenvalue weighted by Crippen LogP contribution is -2.33. The van der Waals surface area contributed by atoms with E-state index in [1.807, 2.05) is 12.1 Å². The van der Waals surface area contributed by atoms with E-state index in [4.69, 9.17) is 0 Å². The third kappa shape index (κ3) is 3.09. The third-order valence-corrected chi connectivity index (χ3v) is 5.34. The zero-order chi connectivity index (χ0) is 13.5. The van der Waals surface area contributed by atoms with Crippen LogP contribution < -0.4 is 10.0 Å². The summed E-state index contributed by atoms with van der Waals surface area (Å²) in [5, 5.41) is 3.43. The Morgan fingerprint density at radius 3 is 2.21 bits per heavy atom. The van der Waals surface area contributed by atoms with Crippen LogP contribution >= 0.6 is 0 Å². The Labute approximate surface area is 114 Å². The summed E-state index contributed by atoms with van der Waals surface area (Å²) in [5.41, 5.74) is 1.00. The summed E-state index contributed by atoms with van der Waals surface area (Å²) in [6.45, 7) is 2.25. The molecule has 104 valence electrons. The Balaban J connectivity index is 1.64. The zero-order valence-electron chi connectivity index (χ0n) is 11.1. The lowest BCUT2D eigenvalue weighted by atomic mass is 9.82. The van der Waals surface area contributed by atoms with Gasteiger partial charge >= 0.3 is 0 Å². The lowest BCUT2D eigenvalue weighted by Gasteiger charge is -2.34. The van der Waals surface area contributed by atoms with Crippen molar-refractivity contribution in [3.05, 3.63) is 24.3 Å². The Kier molecular flexibility index (Phi) is 3.27. The SMILES string of the molecule is CC1CC(Nc2ccc(S(=O)(=O)NC3CC3)cc2)C1. The van der Waals surface area contributed by atoms with Crippen molar-refractivity contribution in [1.29, 1.82) is 0 Å². The Bertz CT molecular complexity index is 543. The number of nitrogens with one attached hydrogen (secondary N) is 2. The van der Waals surface area contributed by atoms with Crippen LogP contribution in [0.2, 0.25) is 0 Å². The van der Waals surface area contributed by atoms with Crippen LogP contribution in [0.25, 0.3) is 0 Å². The van der Waals surface area contributed by atoms with Crippen molar-refractivity contribution < 1.29 is 8.42 Å². The van der Waals surface area contributed by atoms with Gasteiger partial charge in [0, 0.05) is 17.8 Å². The van der Waals surface area contributed by atoms with E-state index >= 15 is 0 Å². The van der Waals surface area contributed by atoms with Crippen molar-refractivity contribution in [2.75, 3.05) is 5.32 Å². The number of rotatable bonds is 5. The van der Waals surface area contributed by atoms with Crippen LogP contribution in [0.15, 0.2) is 29.2 Å². The second-order valence-corrected chi connectivity index (χ2v) is 7.55. The molecule has 0 spiro atoms. The molecule has 0 aliphatic heterocycles. The first-order valence-corrected chi connectivity index (χ1v) is 8.40. The summed E-state index contributed by atoms with van der Waals surface area (Å²) in [4.78, 5) is 0.354. The highest BCUT2D eigenvalue weighted by Gasteiger charge is 2.28. The fraction of sp³-hybridized carbons (Fsp3) is 0.571. The summed E-state index contributed by atoms with van der Waals surface area (Å²) >= 11 is 0. The van der Waals surface area contributed by atoms with Gasteiger partial charge in [0.05, 0.1) is 4.90 Å². The molecule has 2 aliphatic carbocycles. The maximum absolute atomic E-state index is 12.0. The highest BCUT2D eigenvalue weighted by molar-refractivity contribution is 7.89. The van der Waals surface area contributed by atoms with Gasteiger partial charge in [-0.2, -0.15) is 0 Å². The molecule has 0 bridgehead atoms. The number of benzene rings is 1. The molecule has 1 aromatic rings. The van der Waals surface area contributed by atoms with Gasteiger partial charge in [-0.1, -0.05) is 6.92 Å². The van der Waals surface area contributed by atoms with Crippen LogP contribution in [0.4, 0.5) is 5.69 Å². The molecule has 0 amide bonds. The van der Waals surface area contributed by atoms with Crippen molar-refractivity contribution in [2.45, 2.75) is 49.6 Å². The molecule has 2 aliphatic rings.